The third-order valence-corrected chi connectivity index (χ3v) is 3.91. The average molecular weight is 197 g/mol. The van der Waals surface area contributed by atoms with E-state index in [9.17, 15) is 0 Å². The molecule has 1 heteroatoms. The van der Waals surface area contributed by atoms with Crippen molar-refractivity contribution in [2.75, 3.05) is 6.54 Å². The lowest BCUT2D eigenvalue weighted by atomic mass is 9.82. The minimum atomic E-state index is 0.803. The van der Waals surface area contributed by atoms with Crippen LogP contribution in [-0.2, 0) is 0 Å². The molecule has 3 unspecified atom stereocenters. The second-order valence-electron chi connectivity index (χ2n) is 4.85. The molecule has 3 atom stereocenters. The van der Waals surface area contributed by atoms with Crippen molar-refractivity contribution >= 4 is 0 Å². The van der Waals surface area contributed by atoms with Crippen molar-refractivity contribution in [1.82, 2.24) is 5.32 Å². The fourth-order valence-corrected chi connectivity index (χ4v) is 2.84. The van der Waals surface area contributed by atoms with Crippen molar-refractivity contribution in [3.63, 3.8) is 0 Å². The molecule has 1 rings (SSSR count). The van der Waals surface area contributed by atoms with Gasteiger partial charge in [0.2, 0.25) is 0 Å². The van der Waals surface area contributed by atoms with E-state index in [0.717, 1.165) is 24.4 Å². The molecule has 1 aliphatic carbocycles. The maximum Gasteiger partial charge on any atom is 0.00977 e. The summed E-state index contributed by atoms with van der Waals surface area (Å²) in [7, 11) is 0. The van der Waals surface area contributed by atoms with Crippen LogP contribution in [-0.4, -0.2) is 12.6 Å². The van der Waals surface area contributed by atoms with Gasteiger partial charge < -0.3 is 5.32 Å². The molecule has 1 fully saturated rings. The molecule has 0 radical (unpaired) electrons. The zero-order valence-electron chi connectivity index (χ0n) is 10.2. The van der Waals surface area contributed by atoms with E-state index in [0.29, 0.717) is 0 Å². The van der Waals surface area contributed by atoms with E-state index in [2.05, 4.69) is 26.1 Å². The highest BCUT2D eigenvalue weighted by atomic mass is 14.9. The minimum absolute atomic E-state index is 0.803. The molecular formula is C13H27N. The Hall–Kier alpha value is -0.0400. The van der Waals surface area contributed by atoms with Gasteiger partial charge in [-0.25, -0.2) is 0 Å². The second-order valence-corrected chi connectivity index (χ2v) is 4.85. The Morgan fingerprint density at radius 2 is 1.86 bits per heavy atom. The number of hydrogen-bond acceptors (Lipinski definition) is 1. The first-order chi connectivity index (χ1) is 6.79. The van der Waals surface area contributed by atoms with Crippen molar-refractivity contribution in [3.05, 3.63) is 0 Å². The summed E-state index contributed by atoms with van der Waals surface area (Å²) in [6.07, 6.45) is 8.54. The van der Waals surface area contributed by atoms with E-state index in [-0.39, 0.29) is 0 Å². The van der Waals surface area contributed by atoms with Crippen molar-refractivity contribution in [1.29, 1.82) is 0 Å². The Bertz CT molecular complexity index is 144. The third kappa shape index (κ3) is 3.27. The molecule has 1 N–H and O–H groups in total. The molecule has 1 saturated carbocycles. The molecule has 0 bridgehead atoms. The Kier molecular flexibility index (Phi) is 5.54. The van der Waals surface area contributed by atoms with Gasteiger partial charge >= 0.3 is 0 Å². The predicted octanol–water partition coefficient (Wildman–Crippen LogP) is 3.59. The van der Waals surface area contributed by atoms with Crippen LogP contribution in [0.1, 0.15) is 59.3 Å². The Morgan fingerprint density at radius 1 is 1.14 bits per heavy atom. The van der Waals surface area contributed by atoms with Gasteiger partial charge in [-0.3, -0.25) is 0 Å². The SMILES string of the molecule is CCNC1CCCCCC1C(C)CC. The first-order valence-corrected chi connectivity index (χ1v) is 6.53. The molecule has 0 heterocycles. The Labute approximate surface area is 89.7 Å². The van der Waals surface area contributed by atoms with Gasteiger partial charge in [0.15, 0.2) is 0 Å². The van der Waals surface area contributed by atoms with Crippen LogP contribution in [0.5, 0.6) is 0 Å². The first kappa shape index (κ1) is 12.0. The van der Waals surface area contributed by atoms with Crippen LogP contribution in [0.4, 0.5) is 0 Å². The summed E-state index contributed by atoms with van der Waals surface area (Å²) in [5.74, 6) is 1.83. The summed E-state index contributed by atoms with van der Waals surface area (Å²) in [6, 6.07) is 0.803. The average Bonchev–Trinajstić information content (AvgIpc) is 2.43. The van der Waals surface area contributed by atoms with E-state index < -0.39 is 0 Å². The molecule has 1 aliphatic rings. The van der Waals surface area contributed by atoms with Gasteiger partial charge in [0.1, 0.15) is 0 Å². The molecule has 0 amide bonds. The van der Waals surface area contributed by atoms with Gasteiger partial charge in [0.05, 0.1) is 0 Å². The standard InChI is InChI=1S/C13H27N/c1-4-11(3)12-9-7-6-8-10-13(12)14-5-2/h11-14H,4-10H2,1-3H3. The van der Waals surface area contributed by atoms with Crippen molar-refractivity contribution in [3.8, 4) is 0 Å². The quantitative estimate of drug-likeness (QED) is 0.679. The summed E-state index contributed by atoms with van der Waals surface area (Å²) in [5, 5.41) is 3.69. The lowest BCUT2D eigenvalue weighted by molar-refractivity contribution is 0.244. The molecule has 1 nitrogen and oxygen atoms in total. The largest absolute Gasteiger partial charge is 0.314 e. The molecule has 0 spiro atoms. The second kappa shape index (κ2) is 6.44. The van der Waals surface area contributed by atoms with Gasteiger partial charge in [0.25, 0.3) is 0 Å². The maximum absolute atomic E-state index is 3.69. The van der Waals surface area contributed by atoms with E-state index in [1.54, 1.807) is 0 Å². The van der Waals surface area contributed by atoms with E-state index in [4.69, 9.17) is 0 Å². The number of hydrogen-bond donors (Lipinski definition) is 1. The summed E-state index contributed by atoms with van der Waals surface area (Å²) in [5.41, 5.74) is 0. The van der Waals surface area contributed by atoms with E-state index in [1.807, 2.05) is 0 Å². The van der Waals surface area contributed by atoms with Crippen molar-refractivity contribution < 1.29 is 0 Å². The van der Waals surface area contributed by atoms with Crippen LogP contribution in [0, 0.1) is 11.8 Å². The normalized spacial score (nSPS) is 31.1. The summed E-state index contributed by atoms with van der Waals surface area (Å²) >= 11 is 0. The highest BCUT2D eigenvalue weighted by Gasteiger charge is 2.26. The molecule has 0 aromatic carbocycles. The summed E-state index contributed by atoms with van der Waals surface area (Å²) in [6.45, 7) is 8.13. The Balaban J connectivity index is 2.53. The fraction of sp³-hybridized carbons (Fsp3) is 1.00. The minimum Gasteiger partial charge on any atom is -0.314 e. The highest BCUT2D eigenvalue weighted by molar-refractivity contribution is 4.82. The van der Waals surface area contributed by atoms with Crippen molar-refractivity contribution in [2.45, 2.75) is 65.3 Å². The predicted molar refractivity (Wildman–Crippen MR) is 63.5 cm³/mol. The van der Waals surface area contributed by atoms with Crippen LogP contribution < -0.4 is 5.32 Å². The monoisotopic (exact) mass is 197 g/mol. The van der Waals surface area contributed by atoms with Gasteiger partial charge in [0, 0.05) is 6.04 Å². The third-order valence-electron chi connectivity index (χ3n) is 3.91. The molecule has 0 aromatic heterocycles. The van der Waals surface area contributed by atoms with Crippen LogP contribution in [0.2, 0.25) is 0 Å². The van der Waals surface area contributed by atoms with Crippen LogP contribution in [0.25, 0.3) is 0 Å². The fourth-order valence-electron chi connectivity index (χ4n) is 2.84. The van der Waals surface area contributed by atoms with Gasteiger partial charge in [-0.1, -0.05) is 46.5 Å². The van der Waals surface area contributed by atoms with Crippen LogP contribution in [0.15, 0.2) is 0 Å². The molecule has 0 aliphatic heterocycles. The first-order valence-electron chi connectivity index (χ1n) is 6.53. The molecular weight excluding hydrogens is 170 g/mol. The van der Waals surface area contributed by atoms with Gasteiger partial charge in [-0.15, -0.1) is 0 Å². The van der Waals surface area contributed by atoms with Gasteiger partial charge in [-0.05, 0) is 31.2 Å². The zero-order valence-corrected chi connectivity index (χ0v) is 10.2. The maximum atomic E-state index is 3.69. The van der Waals surface area contributed by atoms with E-state index >= 15 is 0 Å². The zero-order chi connectivity index (χ0) is 10.4. The topological polar surface area (TPSA) is 12.0 Å². The molecule has 0 aromatic rings. The van der Waals surface area contributed by atoms with E-state index in [1.165, 1.54) is 38.5 Å². The molecule has 84 valence electrons. The molecule has 0 saturated heterocycles. The molecule has 14 heavy (non-hydrogen) atoms. The van der Waals surface area contributed by atoms with Crippen LogP contribution >= 0.6 is 0 Å². The highest BCUT2D eigenvalue weighted by Crippen LogP contribution is 2.30. The Morgan fingerprint density at radius 3 is 2.50 bits per heavy atom. The van der Waals surface area contributed by atoms with Gasteiger partial charge in [-0.2, -0.15) is 0 Å². The summed E-state index contributed by atoms with van der Waals surface area (Å²) < 4.78 is 0. The smallest absolute Gasteiger partial charge is 0.00977 e. The van der Waals surface area contributed by atoms with Crippen LogP contribution in [0.3, 0.4) is 0 Å². The lowest BCUT2D eigenvalue weighted by Gasteiger charge is -2.30. The number of nitrogens with one attached hydrogen (secondary N) is 1. The number of rotatable bonds is 4. The lowest BCUT2D eigenvalue weighted by Crippen LogP contribution is -2.38. The summed E-state index contributed by atoms with van der Waals surface area (Å²) in [4.78, 5) is 0. The van der Waals surface area contributed by atoms with Crippen molar-refractivity contribution in [2.24, 2.45) is 11.8 Å².